The number of halogens is 3. The number of nitrogens with one attached hydrogen (secondary N) is 2. The van der Waals surface area contributed by atoms with Gasteiger partial charge in [0.25, 0.3) is 5.91 Å². The maximum atomic E-state index is 12.4. The number of nitrogens with zero attached hydrogens (tertiary/aromatic N) is 1. The fraction of sp³-hybridized carbons (Fsp3) is 0.526. The van der Waals surface area contributed by atoms with E-state index in [0.717, 1.165) is 42.2 Å². The molecule has 0 atom stereocenters. The molecule has 1 aromatic carbocycles. The molecule has 3 rings (SSSR count). The van der Waals surface area contributed by atoms with Gasteiger partial charge in [0.05, 0.1) is 6.61 Å². The van der Waals surface area contributed by atoms with Gasteiger partial charge in [-0.2, -0.15) is 13.2 Å². The van der Waals surface area contributed by atoms with Gasteiger partial charge in [0.2, 0.25) is 0 Å². The Bertz CT molecular complexity index is 804. The number of carbonyl (C=O) groups is 1. The Morgan fingerprint density at radius 2 is 2.15 bits per heavy atom. The Kier molecular flexibility index (Phi) is 6.06. The molecule has 0 unspecified atom stereocenters. The second-order valence-electron chi connectivity index (χ2n) is 6.98. The molecule has 0 bridgehead atoms. The Morgan fingerprint density at radius 1 is 1.37 bits per heavy atom. The predicted molar refractivity (Wildman–Crippen MR) is 96.5 cm³/mol. The van der Waals surface area contributed by atoms with Crippen molar-refractivity contribution in [3.05, 3.63) is 33.7 Å². The summed E-state index contributed by atoms with van der Waals surface area (Å²) in [6.07, 6.45) is -0.0971. The number of amides is 1. The van der Waals surface area contributed by atoms with Crippen LogP contribution in [-0.4, -0.2) is 62.9 Å². The Hall–Kier alpha value is -2.06. The third-order valence-electron chi connectivity index (χ3n) is 4.81. The fourth-order valence-electron chi connectivity index (χ4n) is 3.25. The summed E-state index contributed by atoms with van der Waals surface area (Å²) in [6, 6.07) is 3.67. The third-order valence-corrected chi connectivity index (χ3v) is 4.81. The summed E-state index contributed by atoms with van der Waals surface area (Å²) < 4.78 is 40.6. The summed E-state index contributed by atoms with van der Waals surface area (Å²) in [5, 5.41) is 8.00. The lowest BCUT2D eigenvalue weighted by molar-refractivity contribution is -0.173. The van der Waals surface area contributed by atoms with E-state index < -0.39 is 12.8 Å². The number of alkyl halides is 3. The molecule has 0 aromatic heterocycles. The average molecular weight is 383 g/mol. The van der Waals surface area contributed by atoms with Gasteiger partial charge >= 0.3 is 6.18 Å². The molecule has 8 heteroatoms. The van der Waals surface area contributed by atoms with Crippen molar-refractivity contribution < 1.29 is 22.7 Å². The van der Waals surface area contributed by atoms with Gasteiger partial charge in [0, 0.05) is 55.6 Å². The highest BCUT2D eigenvalue weighted by molar-refractivity contribution is 5.95. The van der Waals surface area contributed by atoms with Crippen LogP contribution in [-0.2, 0) is 4.74 Å². The van der Waals surface area contributed by atoms with Crippen molar-refractivity contribution in [2.75, 3.05) is 45.9 Å². The van der Waals surface area contributed by atoms with Crippen LogP contribution in [0.5, 0.6) is 0 Å². The Balaban J connectivity index is 1.62. The molecule has 0 saturated carbocycles. The van der Waals surface area contributed by atoms with Crippen LogP contribution in [0.4, 0.5) is 13.2 Å². The number of ether oxygens (including phenoxy) is 1. The van der Waals surface area contributed by atoms with Gasteiger partial charge in [-0.15, -0.1) is 0 Å². The molecule has 1 aromatic rings. The Morgan fingerprint density at radius 3 is 2.81 bits per heavy atom. The van der Waals surface area contributed by atoms with Gasteiger partial charge in [0.1, 0.15) is 6.61 Å². The minimum Gasteiger partial charge on any atom is -0.373 e. The molecule has 2 N–H and O–H groups in total. The SMILES string of the molecule is Cc1c(C(=O)NCCOCC(F)(F)F)ccc2c1=CN(CC1CNC1)CC=2. The molecular formula is C19H24F3N3O2. The van der Waals surface area contributed by atoms with Crippen LogP contribution in [0.1, 0.15) is 15.9 Å². The van der Waals surface area contributed by atoms with E-state index in [9.17, 15) is 18.0 Å². The first-order valence-corrected chi connectivity index (χ1v) is 9.02. The molecular weight excluding hydrogens is 359 g/mol. The normalized spacial score (nSPS) is 16.8. The van der Waals surface area contributed by atoms with Crippen molar-refractivity contribution >= 4 is 18.2 Å². The second-order valence-corrected chi connectivity index (χ2v) is 6.98. The largest absolute Gasteiger partial charge is 0.411 e. The lowest BCUT2D eigenvalue weighted by atomic mass is 10.00. The Labute approximate surface area is 155 Å². The highest BCUT2D eigenvalue weighted by Gasteiger charge is 2.27. The van der Waals surface area contributed by atoms with E-state index in [4.69, 9.17) is 0 Å². The number of fused-ring (bicyclic) bond motifs is 1. The average Bonchev–Trinajstić information content (AvgIpc) is 2.57. The zero-order valence-corrected chi connectivity index (χ0v) is 15.2. The van der Waals surface area contributed by atoms with Gasteiger partial charge in [-0.05, 0) is 23.8 Å². The maximum Gasteiger partial charge on any atom is 0.411 e. The number of hydrogen-bond acceptors (Lipinski definition) is 4. The van der Waals surface area contributed by atoms with Crippen molar-refractivity contribution in [1.29, 1.82) is 0 Å². The summed E-state index contributed by atoms with van der Waals surface area (Å²) >= 11 is 0. The minimum atomic E-state index is -4.35. The number of rotatable bonds is 7. The molecule has 1 amide bonds. The van der Waals surface area contributed by atoms with Crippen LogP contribution >= 0.6 is 0 Å². The lowest BCUT2D eigenvalue weighted by Crippen LogP contribution is -2.49. The molecule has 5 nitrogen and oxygen atoms in total. The van der Waals surface area contributed by atoms with Crippen molar-refractivity contribution in [2.45, 2.75) is 13.1 Å². The zero-order valence-electron chi connectivity index (χ0n) is 15.2. The topological polar surface area (TPSA) is 53.6 Å². The van der Waals surface area contributed by atoms with Crippen LogP contribution in [0, 0.1) is 12.8 Å². The minimum absolute atomic E-state index is 0.0298. The summed E-state index contributed by atoms with van der Waals surface area (Å²) in [5.74, 6) is 0.347. The van der Waals surface area contributed by atoms with Crippen LogP contribution < -0.4 is 21.1 Å². The second kappa shape index (κ2) is 8.31. The number of benzene rings is 1. The van der Waals surface area contributed by atoms with Gasteiger partial charge in [0.15, 0.2) is 0 Å². The van der Waals surface area contributed by atoms with E-state index in [1.807, 2.05) is 13.0 Å². The molecule has 2 aliphatic rings. The summed E-state index contributed by atoms with van der Waals surface area (Å²) in [4.78, 5) is 14.6. The van der Waals surface area contributed by atoms with Gasteiger partial charge < -0.3 is 20.3 Å². The molecule has 0 radical (unpaired) electrons. The first kappa shape index (κ1) is 19.7. The standard InChI is InChI=1S/C19H24F3N3O2/c1-13-16(18(26)24-5-7-27-12-19(20,21)22)3-2-15-4-6-25(11-17(13)15)10-14-8-23-9-14/h2-4,11,14,23H,5-10,12H2,1H3,(H,24,26). The lowest BCUT2D eigenvalue weighted by Gasteiger charge is -2.33. The highest BCUT2D eigenvalue weighted by Crippen LogP contribution is 2.14. The van der Waals surface area contributed by atoms with Crippen molar-refractivity contribution in [2.24, 2.45) is 5.92 Å². The fourth-order valence-corrected chi connectivity index (χ4v) is 3.25. The third kappa shape index (κ3) is 5.23. The van der Waals surface area contributed by atoms with E-state index in [-0.39, 0.29) is 19.1 Å². The van der Waals surface area contributed by atoms with Crippen molar-refractivity contribution in [3.8, 4) is 0 Å². The van der Waals surface area contributed by atoms with E-state index in [0.29, 0.717) is 11.5 Å². The first-order valence-electron chi connectivity index (χ1n) is 9.02. The number of hydrogen-bond donors (Lipinski definition) is 2. The molecule has 0 spiro atoms. The quantitative estimate of drug-likeness (QED) is 0.668. The van der Waals surface area contributed by atoms with Crippen molar-refractivity contribution in [1.82, 2.24) is 15.5 Å². The van der Waals surface area contributed by atoms with Crippen molar-refractivity contribution in [3.63, 3.8) is 0 Å². The molecule has 148 valence electrons. The van der Waals surface area contributed by atoms with Gasteiger partial charge in [-0.3, -0.25) is 4.79 Å². The summed E-state index contributed by atoms with van der Waals surface area (Å²) in [7, 11) is 0. The summed E-state index contributed by atoms with van der Waals surface area (Å²) in [5.41, 5.74) is 1.40. The van der Waals surface area contributed by atoms with Crippen LogP contribution in [0.25, 0.3) is 12.3 Å². The van der Waals surface area contributed by atoms with E-state index >= 15 is 0 Å². The van der Waals surface area contributed by atoms with E-state index in [1.54, 1.807) is 6.07 Å². The van der Waals surface area contributed by atoms with E-state index in [1.165, 1.54) is 0 Å². The van der Waals surface area contributed by atoms with Gasteiger partial charge in [-0.25, -0.2) is 0 Å². The zero-order chi connectivity index (χ0) is 19.4. The molecule has 1 saturated heterocycles. The van der Waals surface area contributed by atoms with Crippen LogP contribution in [0.3, 0.4) is 0 Å². The summed E-state index contributed by atoms with van der Waals surface area (Å²) in [6.45, 7) is 4.34. The molecule has 2 aliphatic heterocycles. The predicted octanol–water partition coefficient (Wildman–Crippen LogP) is 0.357. The monoisotopic (exact) mass is 383 g/mol. The van der Waals surface area contributed by atoms with Crippen LogP contribution in [0.15, 0.2) is 12.1 Å². The van der Waals surface area contributed by atoms with Gasteiger partial charge in [-0.1, -0.05) is 12.1 Å². The maximum absolute atomic E-state index is 12.4. The van der Waals surface area contributed by atoms with E-state index in [2.05, 4.69) is 32.5 Å². The highest BCUT2D eigenvalue weighted by atomic mass is 19.4. The molecule has 27 heavy (non-hydrogen) atoms. The molecule has 1 fully saturated rings. The molecule has 0 aliphatic carbocycles. The van der Waals surface area contributed by atoms with Crippen LogP contribution in [0.2, 0.25) is 0 Å². The first-order chi connectivity index (χ1) is 12.8. The molecule has 2 heterocycles. The smallest absolute Gasteiger partial charge is 0.373 e. The number of carbonyl (C=O) groups excluding carboxylic acids is 1.